The highest BCUT2D eigenvalue weighted by Gasteiger charge is 2.27. The zero-order chi connectivity index (χ0) is 17.4. The van der Waals surface area contributed by atoms with E-state index in [2.05, 4.69) is 15.4 Å². The van der Waals surface area contributed by atoms with E-state index < -0.39 is 0 Å². The minimum absolute atomic E-state index is 0.0478. The number of nitrogens with zero attached hydrogens (tertiary/aromatic N) is 2. The monoisotopic (exact) mass is 340 g/mol. The zero-order valence-corrected chi connectivity index (χ0v) is 13.7. The number of aliphatic hydroxyl groups is 1. The van der Waals surface area contributed by atoms with Gasteiger partial charge in [-0.2, -0.15) is 5.10 Å². The molecule has 0 spiro atoms. The smallest absolute Gasteiger partial charge is 0.259 e. The number of aliphatic hydroxyl groups excluding tert-OH is 1. The van der Waals surface area contributed by atoms with E-state index in [1.54, 1.807) is 22.7 Å². The molecule has 25 heavy (non-hydrogen) atoms. The number of aromatic amines is 1. The van der Waals surface area contributed by atoms with Crippen LogP contribution in [-0.4, -0.2) is 38.3 Å². The molecule has 1 aliphatic carbocycles. The molecule has 1 aromatic carbocycles. The summed E-state index contributed by atoms with van der Waals surface area (Å²) >= 11 is 0. The fourth-order valence-corrected chi connectivity index (χ4v) is 3.71. The van der Waals surface area contributed by atoms with Crippen molar-refractivity contribution >= 4 is 22.5 Å². The number of aromatic nitrogens is 3. The van der Waals surface area contributed by atoms with Gasteiger partial charge in [-0.1, -0.05) is 25.0 Å². The summed E-state index contributed by atoms with van der Waals surface area (Å²) in [5, 5.41) is 17.3. The number of fused-ring (bicyclic) bond motifs is 3. The Bertz CT molecular complexity index is 991. The van der Waals surface area contributed by atoms with Gasteiger partial charge in [-0.25, -0.2) is 4.52 Å². The third-order valence-electron chi connectivity index (χ3n) is 5.08. The molecule has 130 valence electrons. The highest BCUT2D eigenvalue weighted by molar-refractivity contribution is 6.00. The Morgan fingerprint density at radius 1 is 1.32 bits per heavy atom. The van der Waals surface area contributed by atoms with Crippen molar-refractivity contribution in [3.63, 3.8) is 0 Å². The Morgan fingerprint density at radius 2 is 2.12 bits per heavy atom. The molecule has 2 heterocycles. The van der Waals surface area contributed by atoms with E-state index in [-0.39, 0.29) is 30.0 Å². The lowest BCUT2D eigenvalue weighted by Gasteiger charge is -2.30. The molecule has 7 heteroatoms. The molecule has 7 nitrogen and oxygen atoms in total. The Labute approximate surface area is 143 Å². The number of hydrogen-bond acceptors (Lipinski definition) is 4. The summed E-state index contributed by atoms with van der Waals surface area (Å²) < 4.78 is 1.58. The molecule has 0 bridgehead atoms. The quantitative estimate of drug-likeness (QED) is 0.672. The molecule has 4 rings (SSSR count). The van der Waals surface area contributed by atoms with Gasteiger partial charge in [0.15, 0.2) is 0 Å². The van der Waals surface area contributed by atoms with Crippen LogP contribution in [0.4, 0.5) is 0 Å². The van der Waals surface area contributed by atoms with Crippen molar-refractivity contribution in [1.29, 1.82) is 0 Å². The molecule has 0 saturated heterocycles. The molecule has 1 amide bonds. The van der Waals surface area contributed by atoms with Crippen molar-refractivity contribution in [1.82, 2.24) is 19.9 Å². The number of carbonyl (C=O) groups excluding carboxylic acids is 1. The van der Waals surface area contributed by atoms with Crippen molar-refractivity contribution in [2.24, 2.45) is 5.92 Å². The van der Waals surface area contributed by atoms with Crippen LogP contribution in [0.5, 0.6) is 0 Å². The topological polar surface area (TPSA) is 99.5 Å². The highest BCUT2D eigenvalue weighted by atomic mass is 16.3. The van der Waals surface area contributed by atoms with Crippen LogP contribution in [0.1, 0.15) is 36.0 Å². The fraction of sp³-hybridized carbons (Fsp3) is 0.389. The Balaban J connectivity index is 1.72. The van der Waals surface area contributed by atoms with E-state index in [9.17, 15) is 14.7 Å². The lowest BCUT2D eigenvalue weighted by molar-refractivity contribution is 0.0874. The van der Waals surface area contributed by atoms with Crippen LogP contribution in [0.3, 0.4) is 0 Å². The molecule has 3 aromatic rings. The predicted octanol–water partition coefficient (Wildman–Crippen LogP) is 1.46. The van der Waals surface area contributed by atoms with Gasteiger partial charge in [0.25, 0.3) is 11.5 Å². The molecular formula is C18H20N4O3. The Morgan fingerprint density at radius 3 is 2.96 bits per heavy atom. The van der Waals surface area contributed by atoms with Crippen LogP contribution in [0.15, 0.2) is 35.3 Å². The van der Waals surface area contributed by atoms with E-state index in [0.29, 0.717) is 22.1 Å². The van der Waals surface area contributed by atoms with E-state index in [1.807, 2.05) is 6.07 Å². The van der Waals surface area contributed by atoms with Gasteiger partial charge in [0, 0.05) is 18.6 Å². The lowest BCUT2D eigenvalue weighted by atomic mass is 9.85. The van der Waals surface area contributed by atoms with E-state index in [1.165, 1.54) is 6.20 Å². The first-order valence-electron chi connectivity index (χ1n) is 8.59. The number of amides is 1. The maximum atomic E-state index is 12.7. The van der Waals surface area contributed by atoms with Crippen LogP contribution in [0.2, 0.25) is 0 Å². The van der Waals surface area contributed by atoms with Crippen molar-refractivity contribution in [3.05, 3.63) is 46.4 Å². The summed E-state index contributed by atoms with van der Waals surface area (Å²) in [4.78, 5) is 27.8. The normalized spacial score (nSPS) is 20.8. The summed E-state index contributed by atoms with van der Waals surface area (Å²) in [6.45, 7) is 0.0706. The summed E-state index contributed by atoms with van der Waals surface area (Å²) in [5.41, 5.74) is 1.14. The number of carbonyl (C=O) groups is 1. The van der Waals surface area contributed by atoms with E-state index >= 15 is 0 Å². The summed E-state index contributed by atoms with van der Waals surface area (Å²) in [5.74, 6) is -0.189. The number of hydrogen-bond donors (Lipinski definition) is 3. The number of H-pyrrole nitrogens is 1. The summed E-state index contributed by atoms with van der Waals surface area (Å²) in [6, 6.07) is 7.10. The second kappa shape index (κ2) is 6.33. The van der Waals surface area contributed by atoms with Gasteiger partial charge in [-0.3, -0.25) is 9.59 Å². The fourth-order valence-electron chi connectivity index (χ4n) is 3.71. The van der Waals surface area contributed by atoms with Gasteiger partial charge in [-0.15, -0.1) is 0 Å². The third-order valence-corrected chi connectivity index (χ3v) is 5.08. The van der Waals surface area contributed by atoms with Crippen LogP contribution in [-0.2, 0) is 0 Å². The molecule has 3 N–H and O–H groups in total. The minimum atomic E-state index is -0.272. The van der Waals surface area contributed by atoms with Crippen molar-refractivity contribution in [2.45, 2.75) is 31.7 Å². The average Bonchev–Trinajstić information content (AvgIpc) is 3.06. The van der Waals surface area contributed by atoms with Gasteiger partial charge in [0.2, 0.25) is 0 Å². The van der Waals surface area contributed by atoms with Crippen LogP contribution >= 0.6 is 0 Å². The molecule has 1 aliphatic rings. The molecule has 1 fully saturated rings. The lowest BCUT2D eigenvalue weighted by Crippen LogP contribution is -2.43. The second-order valence-electron chi connectivity index (χ2n) is 6.60. The van der Waals surface area contributed by atoms with Gasteiger partial charge in [-0.05, 0) is 25.0 Å². The Kier molecular flexibility index (Phi) is 4.01. The molecule has 2 aromatic heterocycles. The van der Waals surface area contributed by atoms with Crippen LogP contribution in [0, 0.1) is 5.92 Å². The van der Waals surface area contributed by atoms with Crippen molar-refractivity contribution < 1.29 is 9.90 Å². The van der Waals surface area contributed by atoms with E-state index in [4.69, 9.17) is 0 Å². The Hall–Kier alpha value is -2.67. The zero-order valence-electron chi connectivity index (χ0n) is 13.7. The van der Waals surface area contributed by atoms with Crippen molar-refractivity contribution in [2.75, 3.05) is 6.61 Å². The standard InChI is InChI=1S/C18H20N4O3/c23-10-11-5-1-3-7-14(11)20-18(25)13-9-19-22-15-8-4-2-6-12(15)17(24)21-16(13)22/h2,4,6,8-9,11,14,23H,1,3,5,7,10H2,(H,20,25)(H,21,24). The van der Waals surface area contributed by atoms with Gasteiger partial charge >= 0.3 is 0 Å². The largest absolute Gasteiger partial charge is 0.396 e. The first-order chi connectivity index (χ1) is 12.2. The minimum Gasteiger partial charge on any atom is -0.396 e. The second-order valence-corrected chi connectivity index (χ2v) is 6.60. The molecule has 1 saturated carbocycles. The maximum Gasteiger partial charge on any atom is 0.259 e. The van der Waals surface area contributed by atoms with Gasteiger partial charge < -0.3 is 15.4 Å². The molecular weight excluding hydrogens is 320 g/mol. The average molecular weight is 340 g/mol. The number of nitrogens with one attached hydrogen (secondary N) is 2. The first kappa shape index (κ1) is 15.8. The summed E-state index contributed by atoms with van der Waals surface area (Å²) in [6.07, 6.45) is 5.36. The molecule has 2 unspecified atom stereocenters. The maximum absolute atomic E-state index is 12.7. The van der Waals surface area contributed by atoms with Gasteiger partial charge in [0.1, 0.15) is 11.2 Å². The van der Waals surface area contributed by atoms with E-state index in [0.717, 1.165) is 25.7 Å². The summed E-state index contributed by atoms with van der Waals surface area (Å²) in [7, 11) is 0. The number of para-hydroxylation sites is 1. The van der Waals surface area contributed by atoms with Gasteiger partial charge in [0.05, 0.1) is 17.1 Å². The number of benzene rings is 1. The highest BCUT2D eigenvalue weighted by Crippen LogP contribution is 2.24. The van der Waals surface area contributed by atoms with Crippen LogP contribution < -0.4 is 10.9 Å². The number of rotatable bonds is 3. The van der Waals surface area contributed by atoms with Crippen molar-refractivity contribution in [3.8, 4) is 0 Å². The SMILES string of the molecule is O=C(NC1CCCCC1CO)c1cnn2c1[nH]c(=O)c1ccccc12. The first-order valence-corrected chi connectivity index (χ1v) is 8.59. The molecule has 0 aliphatic heterocycles. The predicted molar refractivity (Wildman–Crippen MR) is 93.6 cm³/mol. The molecule has 0 radical (unpaired) electrons. The third kappa shape index (κ3) is 2.70. The molecule has 2 atom stereocenters. The van der Waals surface area contributed by atoms with Crippen LogP contribution in [0.25, 0.3) is 16.6 Å².